The van der Waals surface area contributed by atoms with Gasteiger partial charge in [0.15, 0.2) is 0 Å². The molecule has 0 unspecified atom stereocenters. The Morgan fingerprint density at radius 3 is 2.23 bits per heavy atom. The van der Waals surface area contributed by atoms with Gasteiger partial charge in [-0.2, -0.15) is 0 Å². The molecule has 0 aromatic heterocycles. The van der Waals surface area contributed by atoms with Crippen LogP contribution in [-0.2, 0) is 4.79 Å². The van der Waals surface area contributed by atoms with E-state index < -0.39 is 5.54 Å². The van der Waals surface area contributed by atoms with Crippen LogP contribution in [0.1, 0.15) is 65.7 Å². The molecule has 0 aromatic carbocycles. The number of carbonyl (C=O) groups is 2. The van der Waals surface area contributed by atoms with Gasteiger partial charge in [-0.05, 0) is 58.3 Å². The minimum atomic E-state index is -0.605. The van der Waals surface area contributed by atoms with Crippen LogP contribution in [-0.4, -0.2) is 46.0 Å². The molecule has 2 atom stereocenters. The highest BCUT2D eigenvalue weighted by Gasteiger charge is 2.52. The zero-order valence-corrected chi connectivity index (χ0v) is 14.1. The van der Waals surface area contributed by atoms with Crippen LogP contribution < -0.4 is 5.32 Å². The fourth-order valence-electron chi connectivity index (χ4n) is 4.32. The second kappa shape index (κ2) is 5.84. The summed E-state index contributed by atoms with van der Waals surface area (Å²) in [4.78, 5) is 29.1. The minimum Gasteiger partial charge on any atom is -0.323 e. The Balaban J connectivity index is 1.72. The van der Waals surface area contributed by atoms with Crippen molar-refractivity contribution in [2.45, 2.75) is 83.3 Å². The van der Waals surface area contributed by atoms with Gasteiger partial charge in [-0.15, -0.1) is 0 Å². The monoisotopic (exact) mass is 307 g/mol. The van der Waals surface area contributed by atoms with E-state index in [0.717, 1.165) is 38.5 Å². The summed E-state index contributed by atoms with van der Waals surface area (Å²) >= 11 is 0. The van der Waals surface area contributed by atoms with E-state index in [1.807, 2.05) is 0 Å². The zero-order valence-electron chi connectivity index (χ0n) is 14.1. The predicted octanol–water partition coefficient (Wildman–Crippen LogP) is 2.71. The van der Waals surface area contributed by atoms with Gasteiger partial charge >= 0.3 is 6.03 Å². The van der Waals surface area contributed by atoms with E-state index >= 15 is 0 Å². The molecular weight excluding hydrogens is 278 g/mol. The maximum atomic E-state index is 12.9. The molecule has 0 aromatic rings. The van der Waals surface area contributed by atoms with Crippen LogP contribution in [0.25, 0.3) is 0 Å². The smallest absolute Gasteiger partial charge is 0.323 e. The highest BCUT2D eigenvalue weighted by molar-refractivity contribution is 6.07. The number of hydrogen-bond donors (Lipinski definition) is 1. The molecule has 2 heterocycles. The fraction of sp³-hybridized carbons (Fsp3) is 0.882. The third-order valence-corrected chi connectivity index (χ3v) is 6.05. The summed E-state index contributed by atoms with van der Waals surface area (Å²) in [5.74, 6) is 0.667. The number of imide groups is 1. The Bertz CT molecular complexity index is 447. The second-order valence-corrected chi connectivity index (χ2v) is 7.71. The van der Waals surface area contributed by atoms with Crippen molar-refractivity contribution < 1.29 is 9.59 Å². The molecule has 5 heteroatoms. The normalized spacial score (nSPS) is 40.3. The van der Waals surface area contributed by atoms with Crippen LogP contribution in [0, 0.1) is 5.92 Å². The van der Waals surface area contributed by atoms with Gasteiger partial charge in [0.2, 0.25) is 0 Å². The fourth-order valence-corrected chi connectivity index (χ4v) is 4.32. The lowest BCUT2D eigenvalue weighted by Gasteiger charge is -2.40. The average molecular weight is 307 g/mol. The van der Waals surface area contributed by atoms with E-state index in [4.69, 9.17) is 0 Å². The molecule has 0 radical (unpaired) electrons. The molecule has 1 saturated carbocycles. The summed E-state index contributed by atoms with van der Waals surface area (Å²) in [5.41, 5.74) is -0.605. The molecule has 1 spiro atoms. The second-order valence-electron chi connectivity index (χ2n) is 7.71. The molecule has 3 amide bonds. The van der Waals surface area contributed by atoms with Crippen LogP contribution >= 0.6 is 0 Å². The SMILES string of the molecule is CC1CCC2(CC1)NC(=O)N(CN1[C@H](C)CCC[C@H]1C)C2=O. The standard InChI is InChI=1S/C17H29N3O2/c1-12-7-9-17(10-8-12)15(21)20(16(22)18-17)11-19-13(2)5-4-6-14(19)3/h12-14H,4-11H2,1-3H3,(H,18,22)/t12?,13-,14-,17?/m1/s1. The molecule has 2 saturated heterocycles. The van der Waals surface area contributed by atoms with E-state index in [1.54, 1.807) is 0 Å². The first-order valence-electron chi connectivity index (χ1n) is 8.83. The van der Waals surface area contributed by atoms with Gasteiger partial charge in [0.05, 0.1) is 6.67 Å². The number of hydrogen-bond acceptors (Lipinski definition) is 3. The van der Waals surface area contributed by atoms with E-state index in [-0.39, 0.29) is 11.9 Å². The topological polar surface area (TPSA) is 52.7 Å². The molecule has 1 N–H and O–H groups in total. The molecular formula is C17H29N3O2. The van der Waals surface area contributed by atoms with Crippen molar-refractivity contribution in [1.29, 1.82) is 0 Å². The highest BCUT2D eigenvalue weighted by Crippen LogP contribution is 2.36. The molecule has 22 heavy (non-hydrogen) atoms. The minimum absolute atomic E-state index is 0.00868. The highest BCUT2D eigenvalue weighted by atomic mass is 16.2. The Kier molecular flexibility index (Phi) is 4.19. The van der Waals surface area contributed by atoms with Crippen LogP contribution in [0.3, 0.4) is 0 Å². The Labute approximate surface area is 133 Å². The predicted molar refractivity (Wildman–Crippen MR) is 85.2 cm³/mol. The van der Waals surface area contributed by atoms with Gasteiger partial charge in [-0.3, -0.25) is 9.69 Å². The maximum Gasteiger partial charge on any atom is 0.326 e. The lowest BCUT2D eigenvalue weighted by molar-refractivity contribution is -0.135. The summed E-state index contributed by atoms with van der Waals surface area (Å²) in [6.45, 7) is 7.08. The van der Waals surface area contributed by atoms with Gasteiger partial charge in [-0.1, -0.05) is 13.3 Å². The molecule has 0 bridgehead atoms. The molecule has 5 nitrogen and oxygen atoms in total. The molecule has 124 valence electrons. The van der Waals surface area contributed by atoms with Crippen molar-refractivity contribution in [1.82, 2.24) is 15.1 Å². The van der Waals surface area contributed by atoms with Crippen molar-refractivity contribution in [3.63, 3.8) is 0 Å². The number of nitrogens with zero attached hydrogens (tertiary/aromatic N) is 2. The first-order chi connectivity index (χ1) is 10.4. The summed E-state index contributed by atoms with van der Waals surface area (Å²) in [7, 11) is 0. The Hall–Kier alpha value is -1.10. The first kappa shape index (κ1) is 15.8. The molecule has 3 fully saturated rings. The van der Waals surface area contributed by atoms with E-state index in [0.29, 0.717) is 24.7 Å². The van der Waals surface area contributed by atoms with E-state index in [9.17, 15) is 9.59 Å². The van der Waals surface area contributed by atoms with E-state index in [1.165, 1.54) is 11.3 Å². The lowest BCUT2D eigenvalue weighted by atomic mass is 9.77. The van der Waals surface area contributed by atoms with Crippen LogP contribution in [0.4, 0.5) is 4.79 Å². The number of piperidine rings is 1. The molecule has 3 rings (SSSR count). The summed E-state index contributed by atoms with van der Waals surface area (Å²) in [6.07, 6.45) is 7.17. The number of nitrogens with one attached hydrogen (secondary N) is 1. The van der Waals surface area contributed by atoms with Crippen molar-refractivity contribution >= 4 is 11.9 Å². The third-order valence-electron chi connectivity index (χ3n) is 6.05. The van der Waals surface area contributed by atoms with Crippen molar-refractivity contribution in [2.75, 3.05) is 6.67 Å². The number of amides is 3. The Morgan fingerprint density at radius 1 is 1.05 bits per heavy atom. The van der Waals surface area contributed by atoms with Crippen molar-refractivity contribution in [3.05, 3.63) is 0 Å². The molecule has 1 aliphatic carbocycles. The number of likely N-dealkylation sites (tertiary alicyclic amines) is 1. The van der Waals surface area contributed by atoms with Crippen LogP contribution in [0.5, 0.6) is 0 Å². The summed E-state index contributed by atoms with van der Waals surface area (Å²) in [6, 6.07) is 0.684. The quantitative estimate of drug-likeness (QED) is 0.798. The van der Waals surface area contributed by atoms with Gasteiger partial charge < -0.3 is 5.32 Å². The number of urea groups is 1. The van der Waals surface area contributed by atoms with Gasteiger partial charge in [0, 0.05) is 12.1 Å². The van der Waals surface area contributed by atoms with E-state index in [2.05, 4.69) is 31.0 Å². The third kappa shape index (κ3) is 2.64. The summed E-state index contributed by atoms with van der Waals surface area (Å²) in [5, 5.41) is 3.02. The van der Waals surface area contributed by atoms with Crippen molar-refractivity contribution in [3.8, 4) is 0 Å². The largest absolute Gasteiger partial charge is 0.326 e. The van der Waals surface area contributed by atoms with Crippen molar-refractivity contribution in [2.24, 2.45) is 5.92 Å². The lowest BCUT2D eigenvalue weighted by Crippen LogP contribution is -2.52. The molecule has 2 aliphatic heterocycles. The van der Waals surface area contributed by atoms with Gasteiger partial charge in [0.25, 0.3) is 5.91 Å². The molecule has 3 aliphatic rings. The number of carbonyl (C=O) groups excluding carboxylic acids is 2. The zero-order chi connectivity index (χ0) is 15.9. The van der Waals surface area contributed by atoms with Crippen LogP contribution in [0.15, 0.2) is 0 Å². The maximum absolute atomic E-state index is 12.9. The number of rotatable bonds is 2. The average Bonchev–Trinajstić information content (AvgIpc) is 2.70. The summed E-state index contributed by atoms with van der Waals surface area (Å²) < 4.78 is 0. The van der Waals surface area contributed by atoms with Gasteiger partial charge in [-0.25, -0.2) is 9.69 Å². The van der Waals surface area contributed by atoms with Gasteiger partial charge in [0.1, 0.15) is 5.54 Å². The Morgan fingerprint density at radius 2 is 1.64 bits per heavy atom. The first-order valence-corrected chi connectivity index (χ1v) is 8.83. The van der Waals surface area contributed by atoms with Crippen LogP contribution in [0.2, 0.25) is 0 Å².